The molecule has 3 aromatic carbocycles. The third kappa shape index (κ3) is 4.41. The van der Waals surface area contributed by atoms with E-state index >= 15 is 0 Å². The minimum absolute atomic E-state index is 0.265. The number of hydrogen-bond acceptors (Lipinski definition) is 4. The van der Waals surface area contributed by atoms with Gasteiger partial charge in [-0.15, -0.1) is 0 Å². The van der Waals surface area contributed by atoms with Gasteiger partial charge in [0.25, 0.3) is 5.91 Å². The molecule has 0 spiro atoms. The van der Waals surface area contributed by atoms with Gasteiger partial charge in [0, 0.05) is 16.1 Å². The molecule has 1 amide bonds. The number of nitrogens with one attached hydrogen (secondary N) is 2. The Labute approximate surface area is 154 Å². The van der Waals surface area contributed by atoms with Gasteiger partial charge in [0.2, 0.25) is 0 Å². The molecule has 3 aromatic rings. The van der Waals surface area contributed by atoms with E-state index in [9.17, 15) is 9.18 Å². The number of halogens is 1. The molecule has 0 fully saturated rings. The predicted molar refractivity (Wildman–Crippen MR) is 101 cm³/mol. The molecule has 0 aliphatic rings. The number of benzene rings is 3. The first-order chi connectivity index (χ1) is 12.7. The summed E-state index contributed by atoms with van der Waals surface area (Å²) >= 11 is 1.26. The molecule has 0 aromatic heterocycles. The maximum atomic E-state index is 13.6. The Hall–Kier alpha value is -3.30. The molecule has 0 heterocycles. The molecule has 0 bridgehead atoms. The van der Waals surface area contributed by atoms with Gasteiger partial charge in [0.1, 0.15) is 5.82 Å². The summed E-state index contributed by atoms with van der Waals surface area (Å²) in [5.41, 5.74) is 1.93. The van der Waals surface area contributed by atoms with Gasteiger partial charge in [-0.05, 0) is 66.5 Å². The fourth-order valence-corrected chi connectivity index (χ4v) is 2.87. The van der Waals surface area contributed by atoms with Crippen molar-refractivity contribution in [2.24, 2.45) is 0 Å². The predicted octanol–water partition coefficient (Wildman–Crippen LogP) is 5.07. The van der Waals surface area contributed by atoms with Gasteiger partial charge in [-0.25, -0.2) is 4.39 Å². The molecular weight excluding hydrogens is 349 g/mol. The van der Waals surface area contributed by atoms with Crippen LogP contribution in [0.1, 0.15) is 15.9 Å². The van der Waals surface area contributed by atoms with Crippen LogP contribution in [0, 0.1) is 17.1 Å². The van der Waals surface area contributed by atoms with Crippen LogP contribution < -0.4 is 10.0 Å². The van der Waals surface area contributed by atoms with Gasteiger partial charge in [0.15, 0.2) is 0 Å². The van der Waals surface area contributed by atoms with Crippen molar-refractivity contribution in [2.45, 2.75) is 4.90 Å². The molecular formula is C20H14FN3OS. The second kappa shape index (κ2) is 8.19. The number of amides is 1. The number of nitrogens with zero attached hydrogens (tertiary/aromatic N) is 1. The van der Waals surface area contributed by atoms with Gasteiger partial charge >= 0.3 is 0 Å². The van der Waals surface area contributed by atoms with Crippen LogP contribution in [0.3, 0.4) is 0 Å². The maximum absolute atomic E-state index is 13.6. The molecule has 0 aliphatic carbocycles. The lowest BCUT2D eigenvalue weighted by atomic mass is 10.2. The Balaban J connectivity index is 1.62. The summed E-state index contributed by atoms with van der Waals surface area (Å²) in [7, 11) is 0. The van der Waals surface area contributed by atoms with Crippen LogP contribution in [-0.2, 0) is 0 Å². The summed E-state index contributed by atoms with van der Waals surface area (Å²) in [5.74, 6) is -0.589. The molecule has 0 radical (unpaired) electrons. The monoisotopic (exact) mass is 363 g/mol. The van der Waals surface area contributed by atoms with Crippen LogP contribution in [-0.4, -0.2) is 5.91 Å². The Bertz CT molecular complexity index is 967. The third-order valence-corrected chi connectivity index (χ3v) is 4.35. The fourth-order valence-electron chi connectivity index (χ4n) is 2.20. The van der Waals surface area contributed by atoms with Gasteiger partial charge in [-0.1, -0.05) is 18.2 Å². The second-order valence-electron chi connectivity index (χ2n) is 5.36. The van der Waals surface area contributed by atoms with E-state index in [1.54, 1.807) is 66.7 Å². The maximum Gasteiger partial charge on any atom is 0.255 e. The van der Waals surface area contributed by atoms with E-state index in [-0.39, 0.29) is 11.7 Å². The highest BCUT2D eigenvalue weighted by Crippen LogP contribution is 2.23. The number of hydrogen-bond donors (Lipinski definition) is 2. The van der Waals surface area contributed by atoms with Gasteiger partial charge in [-0.3, -0.25) is 4.79 Å². The highest BCUT2D eigenvalue weighted by Gasteiger charge is 2.07. The van der Waals surface area contributed by atoms with E-state index in [4.69, 9.17) is 5.26 Å². The van der Waals surface area contributed by atoms with Crippen LogP contribution in [0.5, 0.6) is 0 Å². The summed E-state index contributed by atoms with van der Waals surface area (Å²) in [6.45, 7) is 0. The standard InChI is InChI=1S/C20H14FN3OS/c21-18-6-1-2-7-19(18)24-26-17-10-8-15(9-11-17)20(25)23-16-5-3-4-14(12-16)13-22/h1-12,24H,(H,23,25). The molecule has 26 heavy (non-hydrogen) atoms. The van der Waals surface area contributed by atoms with Crippen molar-refractivity contribution < 1.29 is 9.18 Å². The molecule has 128 valence electrons. The first-order valence-corrected chi connectivity index (χ1v) is 8.56. The Morgan fingerprint density at radius 3 is 2.50 bits per heavy atom. The minimum atomic E-state index is -0.324. The van der Waals surface area contributed by atoms with Gasteiger partial charge in [0.05, 0.1) is 17.3 Å². The Morgan fingerprint density at radius 1 is 1.00 bits per heavy atom. The SMILES string of the molecule is N#Cc1cccc(NC(=O)c2ccc(SNc3ccccc3F)cc2)c1. The van der Waals surface area contributed by atoms with Crippen molar-refractivity contribution in [1.82, 2.24) is 0 Å². The van der Waals surface area contributed by atoms with Crippen molar-refractivity contribution >= 4 is 29.2 Å². The molecule has 6 heteroatoms. The van der Waals surface area contributed by atoms with Crippen molar-refractivity contribution in [2.75, 3.05) is 10.0 Å². The lowest BCUT2D eigenvalue weighted by molar-refractivity contribution is 0.102. The van der Waals surface area contributed by atoms with Crippen molar-refractivity contribution in [3.63, 3.8) is 0 Å². The quantitative estimate of drug-likeness (QED) is 0.621. The molecule has 4 nitrogen and oxygen atoms in total. The number of para-hydroxylation sites is 1. The zero-order chi connectivity index (χ0) is 18.4. The third-order valence-electron chi connectivity index (χ3n) is 3.52. The summed E-state index contributed by atoms with van der Waals surface area (Å²) < 4.78 is 16.5. The number of carbonyl (C=O) groups is 1. The van der Waals surface area contributed by atoms with Crippen LogP contribution in [0.15, 0.2) is 77.7 Å². The molecule has 2 N–H and O–H groups in total. The van der Waals surface area contributed by atoms with Crippen LogP contribution in [0.25, 0.3) is 0 Å². The Morgan fingerprint density at radius 2 is 1.77 bits per heavy atom. The molecule has 0 unspecified atom stereocenters. The Kier molecular flexibility index (Phi) is 5.52. The second-order valence-corrected chi connectivity index (χ2v) is 6.23. The number of anilines is 2. The average Bonchev–Trinajstić information content (AvgIpc) is 2.68. The normalized spacial score (nSPS) is 10.0. The number of rotatable bonds is 5. The van der Waals surface area contributed by atoms with E-state index in [2.05, 4.69) is 10.0 Å². The fraction of sp³-hybridized carbons (Fsp3) is 0. The highest BCUT2D eigenvalue weighted by molar-refractivity contribution is 8.00. The van der Waals surface area contributed by atoms with Crippen molar-refractivity contribution in [3.05, 3.63) is 89.7 Å². The first-order valence-electron chi connectivity index (χ1n) is 7.75. The number of carbonyl (C=O) groups excluding carboxylic acids is 1. The molecule has 3 rings (SSSR count). The zero-order valence-corrected chi connectivity index (χ0v) is 14.4. The topological polar surface area (TPSA) is 64.9 Å². The van der Waals surface area contributed by atoms with Crippen LogP contribution in [0.4, 0.5) is 15.8 Å². The highest BCUT2D eigenvalue weighted by atomic mass is 32.2. The molecule has 0 atom stereocenters. The van der Waals surface area contributed by atoms with Crippen LogP contribution >= 0.6 is 11.9 Å². The van der Waals surface area contributed by atoms with Gasteiger partial charge in [-0.2, -0.15) is 5.26 Å². The molecule has 0 saturated carbocycles. The average molecular weight is 363 g/mol. The van der Waals surface area contributed by atoms with Crippen molar-refractivity contribution in [3.8, 4) is 6.07 Å². The zero-order valence-electron chi connectivity index (χ0n) is 13.6. The van der Waals surface area contributed by atoms with E-state index in [0.717, 1.165) is 4.90 Å². The minimum Gasteiger partial charge on any atom is -0.323 e. The molecule has 0 aliphatic heterocycles. The van der Waals surface area contributed by atoms with E-state index < -0.39 is 0 Å². The summed E-state index contributed by atoms with van der Waals surface area (Å²) in [4.78, 5) is 13.1. The van der Waals surface area contributed by atoms with E-state index in [1.807, 2.05) is 6.07 Å². The summed E-state index contributed by atoms with van der Waals surface area (Å²) in [6.07, 6.45) is 0. The molecule has 0 saturated heterocycles. The first kappa shape index (κ1) is 17.5. The lowest BCUT2D eigenvalue weighted by Crippen LogP contribution is -2.11. The van der Waals surface area contributed by atoms with Crippen LogP contribution in [0.2, 0.25) is 0 Å². The van der Waals surface area contributed by atoms with E-state index in [0.29, 0.717) is 22.5 Å². The number of nitriles is 1. The summed E-state index contributed by atoms with van der Waals surface area (Å²) in [5, 5.41) is 11.7. The lowest BCUT2D eigenvalue weighted by Gasteiger charge is -2.08. The largest absolute Gasteiger partial charge is 0.323 e. The smallest absolute Gasteiger partial charge is 0.255 e. The van der Waals surface area contributed by atoms with Gasteiger partial charge < -0.3 is 10.0 Å². The summed E-state index contributed by atoms with van der Waals surface area (Å²) in [6, 6.07) is 22.1. The van der Waals surface area contributed by atoms with E-state index in [1.165, 1.54) is 18.0 Å². The van der Waals surface area contributed by atoms with Crippen molar-refractivity contribution in [1.29, 1.82) is 5.26 Å².